The third-order valence-corrected chi connectivity index (χ3v) is 3.56. The normalized spacial score (nSPS) is 10.4. The van der Waals surface area contributed by atoms with Crippen molar-refractivity contribution in [3.05, 3.63) is 35.7 Å². The number of carbonyl (C=O) groups excluding carboxylic acids is 1. The number of aromatic nitrogens is 3. The Kier molecular flexibility index (Phi) is 6.95. The van der Waals surface area contributed by atoms with Crippen LogP contribution < -0.4 is 14.8 Å². The van der Waals surface area contributed by atoms with Crippen molar-refractivity contribution in [2.45, 2.75) is 26.3 Å². The molecule has 0 aliphatic rings. The van der Waals surface area contributed by atoms with Gasteiger partial charge in [0.15, 0.2) is 17.2 Å². The molecular weight excluding hydrogens is 340 g/mol. The molecule has 0 fully saturated rings. The van der Waals surface area contributed by atoms with Gasteiger partial charge in [0.05, 0.1) is 19.9 Å². The number of rotatable bonds is 10. The van der Waals surface area contributed by atoms with E-state index in [4.69, 9.17) is 14.6 Å². The molecule has 0 unspecified atom stereocenters. The fourth-order valence-electron chi connectivity index (χ4n) is 2.34. The number of aryl methyl sites for hydroxylation is 1. The number of carbonyl (C=O) groups is 2. The SMILES string of the molecule is CCOc1cc(CCCNC(=O)Cn2cc(C(=O)O)nn2)ccc1OC. The Balaban J connectivity index is 1.76. The van der Waals surface area contributed by atoms with Gasteiger partial charge in [0.2, 0.25) is 5.91 Å². The molecule has 2 aromatic rings. The van der Waals surface area contributed by atoms with Crippen molar-refractivity contribution in [1.29, 1.82) is 0 Å². The van der Waals surface area contributed by atoms with Crippen molar-refractivity contribution in [3.63, 3.8) is 0 Å². The van der Waals surface area contributed by atoms with Crippen LogP contribution in [0, 0.1) is 0 Å². The summed E-state index contributed by atoms with van der Waals surface area (Å²) in [7, 11) is 1.60. The van der Waals surface area contributed by atoms with Crippen molar-refractivity contribution < 1.29 is 24.2 Å². The average Bonchev–Trinajstić information content (AvgIpc) is 3.08. The zero-order chi connectivity index (χ0) is 18.9. The Morgan fingerprint density at radius 1 is 1.31 bits per heavy atom. The van der Waals surface area contributed by atoms with Gasteiger partial charge in [-0.1, -0.05) is 11.3 Å². The summed E-state index contributed by atoms with van der Waals surface area (Å²) >= 11 is 0. The Morgan fingerprint density at radius 2 is 2.12 bits per heavy atom. The second-order valence-electron chi connectivity index (χ2n) is 5.48. The van der Waals surface area contributed by atoms with Crippen LogP contribution in [0.3, 0.4) is 0 Å². The zero-order valence-electron chi connectivity index (χ0n) is 14.8. The van der Waals surface area contributed by atoms with E-state index in [1.165, 1.54) is 10.9 Å². The smallest absolute Gasteiger partial charge is 0.358 e. The van der Waals surface area contributed by atoms with E-state index < -0.39 is 5.97 Å². The van der Waals surface area contributed by atoms with Crippen LogP contribution in [0.5, 0.6) is 11.5 Å². The molecule has 0 radical (unpaired) electrons. The van der Waals surface area contributed by atoms with Crippen molar-refractivity contribution >= 4 is 11.9 Å². The molecule has 2 N–H and O–H groups in total. The molecule has 2 rings (SSSR count). The number of ether oxygens (including phenoxy) is 2. The van der Waals surface area contributed by atoms with Crippen molar-refractivity contribution in [1.82, 2.24) is 20.3 Å². The molecule has 0 spiro atoms. The fourth-order valence-corrected chi connectivity index (χ4v) is 2.34. The number of nitrogens with zero attached hydrogens (tertiary/aromatic N) is 3. The molecular formula is C17H22N4O5. The highest BCUT2D eigenvalue weighted by molar-refractivity contribution is 5.84. The number of aromatic carboxylic acids is 1. The quantitative estimate of drug-likeness (QED) is 0.609. The van der Waals surface area contributed by atoms with Gasteiger partial charge in [-0.25, -0.2) is 9.48 Å². The highest BCUT2D eigenvalue weighted by Crippen LogP contribution is 2.28. The average molecular weight is 362 g/mol. The van der Waals surface area contributed by atoms with E-state index in [1.54, 1.807) is 7.11 Å². The Bertz CT molecular complexity index is 759. The van der Waals surface area contributed by atoms with Crippen molar-refractivity contribution in [2.75, 3.05) is 20.3 Å². The summed E-state index contributed by atoms with van der Waals surface area (Å²) in [4.78, 5) is 22.6. The van der Waals surface area contributed by atoms with Crippen LogP contribution in [0.2, 0.25) is 0 Å². The van der Waals surface area contributed by atoms with Crippen molar-refractivity contribution in [2.24, 2.45) is 0 Å². The maximum absolute atomic E-state index is 11.8. The topological polar surface area (TPSA) is 116 Å². The number of carboxylic acids is 1. The molecule has 0 atom stereocenters. The van der Waals surface area contributed by atoms with E-state index >= 15 is 0 Å². The summed E-state index contributed by atoms with van der Waals surface area (Å²) in [6.07, 6.45) is 2.74. The molecule has 26 heavy (non-hydrogen) atoms. The Morgan fingerprint density at radius 3 is 2.77 bits per heavy atom. The first-order chi connectivity index (χ1) is 12.5. The minimum atomic E-state index is -1.18. The van der Waals surface area contributed by atoms with Gasteiger partial charge in [-0.05, 0) is 37.5 Å². The second-order valence-corrected chi connectivity index (χ2v) is 5.48. The third kappa shape index (κ3) is 5.47. The summed E-state index contributed by atoms with van der Waals surface area (Å²) in [5, 5.41) is 18.6. The highest BCUT2D eigenvalue weighted by Gasteiger charge is 2.10. The van der Waals surface area contributed by atoms with E-state index in [2.05, 4.69) is 15.6 Å². The first kappa shape index (κ1) is 19.2. The van der Waals surface area contributed by atoms with E-state index in [-0.39, 0.29) is 18.1 Å². The standard InChI is InChI=1S/C17H22N4O5/c1-3-26-15-9-12(6-7-14(15)25-2)5-4-8-18-16(22)11-21-10-13(17(23)24)19-20-21/h6-7,9-10H,3-5,8,11H2,1-2H3,(H,18,22)(H,23,24). The van der Waals surface area contributed by atoms with Crippen LogP contribution in [0.4, 0.5) is 0 Å². The van der Waals surface area contributed by atoms with Gasteiger partial charge < -0.3 is 19.9 Å². The number of hydrogen-bond acceptors (Lipinski definition) is 6. The summed E-state index contributed by atoms with van der Waals surface area (Å²) in [6, 6.07) is 5.77. The van der Waals surface area contributed by atoms with E-state index in [0.717, 1.165) is 18.4 Å². The number of methoxy groups -OCH3 is 1. The predicted octanol–water partition coefficient (Wildman–Crippen LogP) is 1.13. The second kappa shape index (κ2) is 9.40. The monoisotopic (exact) mass is 362 g/mol. The van der Waals surface area contributed by atoms with Crippen LogP contribution >= 0.6 is 0 Å². The number of amides is 1. The van der Waals surface area contributed by atoms with Gasteiger partial charge in [0.1, 0.15) is 6.54 Å². The van der Waals surface area contributed by atoms with E-state index in [0.29, 0.717) is 24.7 Å². The first-order valence-electron chi connectivity index (χ1n) is 8.23. The van der Waals surface area contributed by atoms with Crippen LogP contribution in [-0.4, -0.2) is 52.2 Å². The highest BCUT2D eigenvalue weighted by atomic mass is 16.5. The molecule has 0 aliphatic carbocycles. The lowest BCUT2D eigenvalue weighted by atomic mass is 10.1. The fraction of sp³-hybridized carbons (Fsp3) is 0.412. The molecule has 9 heteroatoms. The number of hydrogen-bond donors (Lipinski definition) is 2. The van der Waals surface area contributed by atoms with Gasteiger partial charge in [-0.3, -0.25) is 4.79 Å². The van der Waals surface area contributed by atoms with Gasteiger partial charge in [-0.15, -0.1) is 5.10 Å². The summed E-state index contributed by atoms with van der Waals surface area (Å²) in [5.41, 5.74) is 0.897. The summed E-state index contributed by atoms with van der Waals surface area (Å²) in [6.45, 7) is 2.89. The van der Waals surface area contributed by atoms with Gasteiger partial charge in [-0.2, -0.15) is 0 Å². The summed E-state index contributed by atoms with van der Waals surface area (Å²) < 4.78 is 12.0. The molecule has 1 heterocycles. The van der Waals surface area contributed by atoms with E-state index in [1.807, 2.05) is 25.1 Å². The maximum Gasteiger partial charge on any atom is 0.358 e. The molecule has 1 aromatic carbocycles. The lowest BCUT2D eigenvalue weighted by Gasteiger charge is -2.11. The first-order valence-corrected chi connectivity index (χ1v) is 8.23. The molecule has 1 aromatic heterocycles. The van der Waals surface area contributed by atoms with Gasteiger partial charge in [0.25, 0.3) is 0 Å². The molecule has 0 aliphatic heterocycles. The molecule has 9 nitrogen and oxygen atoms in total. The minimum absolute atomic E-state index is 0.0721. The van der Waals surface area contributed by atoms with Crippen LogP contribution in [-0.2, 0) is 17.8 Å². The largest absolute Gasteiger partial charge is 0.493 e. The van der Waals surface area contributed by atoms with E-state index in [9.17, 15) is 9.59 Å². The lowest BCUT2D eigenvalue weighted by Crippen LogP contribution is -2.28. The predicted molar refractivity (Wildman–Crippen MR) is 92.5 cm³/mol. The summed E-state index contributed by atoms with van der Waals surface area (Å²) in [5.74, 6) is -0.0337. The third-order valence-electron chi connectivity index (χ3n) is 3.56. The number of benzene rings is 1. The molecule has 0 saturated carbocycles. The maximum atomic E-state index is 11.8. The zero-order valence-corrected chi connectivity index (χ0v) is 14.8. The molecule has 0 saturated heterocycles. The van der Waals surface area contributed by atoms with Gasteiger partial charge >= 0.3 is 5.97 Å². The van der Waals surface area contributed by atoms with Gasteiger partial charge in [0, 0.05) is 6.54 Å². The number of carboxylic acid groups (broad SMARTS) is 1. The minimum Gasteiger partial charge on any atom is -0.493 e. The number of nitrogens with one attached hydrogen (secondary N) is 1. The van der Waals surface area contributed by atoms with Crippen LogP contribution in [0.15, 0.2) is 24.4 Å². The lowest BCUT2D eigenvalue weighted by molar-refractivity contribution is -0.121. The Hall–Kier alpha value is -3.10. The molecule has 140 valence electrons. The van der Waals surface area contributed by atoms with Crippen LogP contribution in [0.1, 0.15) is 29.4 Å². The molecule has 0 bridgehead atoms. The molecule has 1 amide bonds. The van der Waals surface area contributed by atoms with Crippen molar-refractivity contribution in [3.8, 4) is 11.5 Å². The van der Waals surface area contributed by atoms with Crippen LogP contribution in [0.25, 0.3) is 0 Å². The Labute approximate surface area is 150 Å².